The Hall–Kier alpha value is -2.88. The summed E-state index contributed by atoms with van der Waals surface area (Å²) in [6.07, 6.45) is 0. The molecular weight excluding hydrogens is 266 g/mol. The van der Waals surface area contributed by atoms with Crippen molar-refractivity contribution in [2.24, 2.45) is 0 Å². The van der Waals surface area contributed by atoms with Crippen LogP contribution in [-0.2, 0) is 0 Å². The number of fused-ring (bicyclic) bond motifs is 1. The standard InChI is InChI=1S/C17H13NO3/c1-21-12-7-8-15-13(9-12)14(17(19)20)10-16(18-15)11-5-3-2-4-6-11/h2-10H,1H3,(H,19,20)/p-1. The highest BCUT2D eigenvalue weighted by Gasteiger charge is 2.09. The van der Waals surface area contributed by atoms with Crippen LogP contribution < -0.4 is 9.84 Å². The number of nitrogens with zero attached hydrogens (tertiary/aromatic N) is 1. The zero-order valence-electron chi connectivity index (χ0n) is 11.4. The third-order valence-corrected chi connectivity index (χ3v) is 3.31. The maximum Gasteiger partial charge on any atom is 0.119 e. The van der Waals surface area contributed by atoms with Crippen LogP contribution in [0, 0.1) is 0 Å². The van der Waals surface area contributed by atoms with Crippen molar-refractivity contribution in [1.29, 1.82) is 0 Å². The van der Waals surface area contributed by atoms with Gasteiger partial charge < -0.3 is 14.6 Å². The van der Waals surface area contributed by atoms with Gasteiger partial charge in [0.15, 0.2) is 0 Å². The van der Waals surface area contributed by atoms with E-state index in [0.717, 1.165) is 5.56 Å². The highest BCUT2D eigenvalue weighted by atomic mass is 16.5. The number of hydrogen-bond donors (Lipinski definition) is 0. The Kier molecular flexibility index (Phi) is 3.28. The summed E-state index contributed by atoms with van der Waals surface area (Å²) < 4.78 is 5.13. The number of carboxylic acid groups (broad SMARTS) is 1. The Labute approximate surface area is 121 Å². The van der Waals surface area contributed by atoms with Crippen LogP contribution in [-0.4, -0.2) is 18.1 Å². The molecule has 0 aliphatic heterocycles. The van der Waals surface area contributed by atoms with Crippen LogP contribution in [0.25, 0.3) is 22.2 Å². The van der Waals surface area contributed by atoms with Crippen molar-refractivity contribution in [3.8, 4) is 17.0 Å². The van der Waals surface area contributed by atoms with Gasteiger partial charge in [-0.15, -0.1) is 0 Å². The van der Waals surface area contributed by atoms with E-state index in [9.17, 15) is 9.90 Å². The fourth-order valence-corrected chi connectivity index (χ4v) is 2.26. The predicted molar refractivity (Wildman–Crippen MR) is 78.1 cm³/mol. The molecule has 0 aliphatic rings. The molecule has 4 nitrogen and oxygen atoms in total. The second-order valence-corrected chi connectivity index (χ2v) is 4.59. The Morgan fingerprint density at radius 3 is 2.52 bits per heavy atom. The van der Waals surface area contributed by atoms with Crippen molar-refractivity contribution in [3.63, 3.8) is 0 Å². The first-order chi connectivity index (χ1) is 10.2. The molecule has 21 heavy (non-hydrogen) atoms. The summed E-state index contributed by atoms with van der Waals surface area (Å²) in [5.74, 6) is -0.646. The topological polar surface area (TPSA) is 62.2 Å². The molecular formula is C17H12NO3-. The number of rotatable bonds is 3. The van der Waals surface area contributed by atoms with Gasteiger partial charge in [0.1, 0.15) is 5.75 Å². The Morgan fingerprint density at radius 1 is 1.10 bits per heavy atom. The Bertz CT molecular complexity index is 813. The van der Waals surface area contributed by atoms with Gasteiger partial charge >= 0.3 is 0 Å². The van der Waals surface area contributed by atoms with E-state index in [-0.39, 0.29) is 5.56 Å². The average molecular weight is 278 g/mol. The number of aromatic nitrogens is 1. The molecule has 2 aromatic carbocycles. The number of aromatic carboxylic acids is 1. The average Bonchev–Trinajstić information content (AvgIpc) is 2.54. The molecule has 3 aromatic rings. The molecule has 1 aromatic heterocycles. The van der Waals surface area contributed by atoms with E-state index in [1.54, 1.807) is 18.2 Å². The zero-order chi connectivity index (χ0) is 14.8. The smallest absolute Gasteiger partial charge is 0.119 e. The molecule has 0 amide bonds. The number of carboxylic acids is 1. The Balaban J connectivity index is 2.29. The molecule has 0 N–H and O–H groups in total. The SMILES string of the molecule is COc1ccc2nc(-c3ccccc3)cc(C(=O)[O-])c2c1. The van der Waals surface area contributed by atoms with Gasteiger partial charge in [0, 0.05) is 16.5 Å². The summed E-state index contributed by atoms with van der Waals surface area (Å²) in [7, 11) is 1.53. The van der Waals surface area contributed by atoms with Gasteiger partial charge in [-0.25, -0.2) is 4.98 Å². The van der Waals surface area contributed by atoms with E-state index in [1.165, 1.54) is 13.2 Å². The Morgan fingerprint density at radius 2 is 1.86 bits per heavy atom. The van der Waals surface area contributed by atoms with Gasteiger partial charge in [-0.05, 0) is 24.3 Å². The van der Waals surface area contributed by atoms with Gasteiger partial charge in [0.25, 0.3) is 0 Å². The molecule has 0 atom stereocenters. The normalized spacial score (nSPS) is 10.5. The van der Waals surface area contributed by atoms with Crippen molar-refractivity contribution in [3.05, 3.63) is 60.2 Å². The van der Waals surface area contributed by atoms with E-state index < -0.39 is 5.97 Å². The minimum absolute atomic E-state index is 0.109. The predicted octanol–water partition coefficient (Wildman–Crippen LogP) is 2.27. The maximum atomic E-state index is 11.4. The van der Waals surface area contributed by atoms with Crippen LogP contribution in [0.1, 0.15) is 10.4 Å². The molecule has 0 saturated heterocycles. The van der Waals surface area contributed by atoms with Gasteiger partial charge in [-0.1, -0.05) is 30.3 Å². The van der Waals surface area contributed by atoms with Crippen molar-refractivity contribution < 1.29 is 14.6 Å². The van der Waals surface area contributed by atoms with Gasteiger partial charge in [-0.2, -0.15) is 0 Å². The zero-order valence-corrected chi connectivity index (χ0v) is 11.4. The maximum absolute atomic E-state index is 11.4. The van der Waals surface area contributed by atoms with Crippen LogP contribution in [0.4, 0.5) is 0 Å². The molecule has 0 unspecified atom stereocenters. The first-order valence-corrected chi connectivity index (χ1v) is 6.44. The van der Waals surface area contributed by atoms with Gasteiger partial charge in [-0.3, -0.25) is 0 Å². The summed E-state index contributed by atoms with van der Waals surface area (Å²) in [6, 6.07) is 16.1. The molecule has 0 radical (unpaired) electrons. The first kappa shape index (κ1) is 13.1. The highest BCUT2D eigenvalue weighted by Crippen LogP contribution is 2.27. The quantitative estimate of drug-likeness (QED) is 0.737. The van der Waals surface area contributed by atoms with E-state index in [1.807, 2.05) is 30.3 Å². The van der Waals surface area contributed by atoms with Crippen molar-refractivity contribution in [2.75, 3.05) is 7.11 Å². The number of benzene rings is 2. The fourth-order valence-electron chi connectivity index (χ4n) is 2.26. The molecule has 4 heteroatoms. The lowest BCUT2D eigenvalue weighted by Crippen LogP contribution is -2.22. The summed E-state index contributed by atoms with van der Waals surface area (Å²) >= 11 is 0. The van der Waals surface area contributed by atoms with Crippen LogP contribution in [0.2, 0.25) is 0 Å². The van der Waals surface area contributed by atoms with Crippen LogP contribution in [0.15, 0.2) is 54.6 Å². The number of ether oxygens (including phenoxy) is 1. The lowest BCUT2D eigenvalue weighted by molar-refractivity contribution is -0.254. The third kappa shape index (κ3) is 2.43. The summed E-state index contributed by atoms with van der Waals surface area (Å²) in [5, 5.41) is 11.9. The van der Waals surface area contributed by atoms with Crippen LogP contribution in [0.3, 0.4) is 0 Å². The van der Waals surface area contributed by atoms with Gasteiger partial charge in [0.2, 0.25) is 0 Å². The van der Waals surface area contributed by atoms with E-state index in [4.69, 9.17) is 4.74 Å². The van der Waals surface area contributed by atoms with E-state index in [0.29, 0.717) is 22.3 Å². The molecule has 0 saturated carbocycles. The van der Waals surface area contributed by atoms with Crippen molar-refractivity contribution in [2.45, 2.75) is 0 Å². The van der Waals surface area contributed by atoms with Crippen molar-refractivity contribution >= 4 is 16.9 Å². The molecule has 0 aliphatic carbocycles. The monoisotopic (exact) mass is 278 g/mol. The largest absolute Gasteiger partial charge is 0.545 e. The molecule has 0 spiro atoms. The first-order valence-electron chi connectivity index (χ1n) is 6.44. The second-order valence-electron chi connectivity index (χ2n) is 4.59. The number of carbonyl (C=O) groups excluding carboxylic acids is 1. The second kappa shape index (κ2) is 5.25. The molecule has 0 fully saturated rings. The lowest BCUT2D eigenvalue weighted by Gasteiger charge is -2.11. The highest BCUT2D eigenvalue weighted by molar-refractivity contribution is 6.03. The molecule has 0 bridgehead atoms. The van der Waals surface area contributed by atoms with Gasteiger partial charge in [0.05, 0.1) is 24.3 Å². The third-order valence-electron chi connectivity index (χ3n) is 3.31. The van der Waals surface area contributed by atoms with Crippen LogP contribution in [0.5, 0.6) is 5.75 Å². The summed E-state index contributed by atoms with van der Waals surface area (Å²) in [4.78, 5) is 15.9. The van der Waals surface area contributed by atoms with Crippen LogP contribution >= 0.6 is 0 Å². The molecule has 1 heterocycles. The molecule has 104 valence electrons. The minimum Gasteiger partial charge on any atom is -0.545 e. The number of methoxy groups -OCH3 is 1. The summed E-state index contributed by atoms with van der Waals surface area (Å²) in [5.41, 5.74) is 2.17. The van der Waals surface area contributed by atoms with E-state index in [2.05, 4.69) is 4.98 Å². The van der Waals surface area contributed by atoms with E-state index >= 15 is 0 Å². The number of pyridine rings is 1. The molecule has 3 rings (SSSR count). The summed E-state index contributed by atoms with van der Waals surface area (Å²) in [6.45, 7) is 0. The minimum atomic E-state index is -1.23. The number of carbonyl (C=O) groups is 1. The van der Waals surface area contributed by atoms with Crippen molar-refractivity contribution in [1.82, 2.24) is 4.98 Å². The number of hydrogen-bond acceptors (Lipinski definition) is 4. The lowest BCUT2D eigenvalue weighted by atomic mass is 10.0. The fraction of sp³-hybridized carbons (Fsp3) is 0.0588.